The Kier molecular flexibility index (Phi) is 2.21. The number of benzene rings is 1. The van der Waals surface area contributed by atoms with Crippen LogP contribution >= 0.6 is 0 Å². The molecule has 1 N–H and O–H groups in total. The Balaban J connectivity index is 2.21. The van der Waals surface area contributed by atoms with Crippen molar-refractivity contribution in [2.75, 3.05) is 5.32 Å². The second-order valence-electron chi connectivity index (χ2n) is 4.88. The van der Waals surface area contributed by atoms with Crippen LogP contribution in [0.15, 0.2) is 12.1 Å². The number of fused-ring (bicyclic) bond motifs is 2. The van der Waals surface area contributed by atoms with Crippen molar-refractivity contribution in [1.82, 2.24) is 0 Å². The second-order valence-corrected chi connectivity index (χ2v) is 4.88. The lowest BCUT2D eigenvalue weighted by atomic mass is 9.70. The fourth-order valence-corrected chi connectivity index (χ4v) is 3.12. The average Bonchev–Trinajstić information content (AvgIpc) is 2.61. The summed E-state index contributed by atoms with van der Waals surface area (Å²) in [5.74, 6) is -1.25. The van der Waals surface area contributed by atoms with Crippen LogP contribution in [0.2, 0.25) is 0 Å². The molecule has 90 valence electrons. The molecule has 1 fully saturated rings. The quantitative estimate of drug-likeness (QED) is 0.738. The molecule has 1 heterocycles. The molecule has 0 saturated heterocycles. The highest BCUT2D eigenvalue weighted by Crippen LogP contribution is 2.49. The summed E-state index contributed by atoms with van der Waals surface area (Å²) in [6.45, 7) is 0. The molecule has 0 unspecified atom stereocenters. The van der Waals surface area contributed by atoms with E-state index in [1.54, 1.807) is 0 Å². The molecule has 4 heteroatoms. The first-order chi connectivity index (χ1) is 8.15. The molecule has 1 saturated carbocycles. The third-order valence-electron chi connectivity index (χ3n) is 3.96. The lowest BCUT2D eigenvalue weighted by Crippen LogP contribution is -2.36. The number of rotatable bonds is 0. The standard InChI is InChI=1S/C13H13F2NO/c14-8-4-5-9(15)11-10(8)13(12(17)16-11)6-2-1-3-7-13/h4-5H,1-3,6-7H2,(H,16,17). The Morgan fingerprint density at radius 3 is 2.41 bits per heavy atom. The molecule has 0 aromatic heterocycles. The van der Waals surface area contributed by atoms with Gasteiger partial charge in [-0.25, -0.2) is 8.78 Å². The van der Waals surface area contributed by atoms with Gasteiger partial charge in [0.1, 0.15) is 11.6 Å². The van der Waals surface area contributed by atoms with Crippen molar-refractivity contribution in [1.29, 1.82) is 0 Å². The average molecular weight is 237 g/mol. The first-order valence-corrected chi connectivity index (χ1v) is 5.95. The number of nitrogens with one attached hydrogen (secondary N) is 1. The van der Waals surface area contributed by atoms with Crippen LogP contribution < -0.4 is 5.32 Å². The van der Waals surface area contributed by atoms with Crippen molar-refractivity contribution < 1.29 is 13.6 Å². The van der Waals surface area contributed by atoms with Crippen molar-refractivity contribution in [3.63, 3.8) is 0 Å². The van der Waals surface area contributed by atoms with Gasteiger partial charge in [0.2, 0.25) is 5.91 Å². The zero-order chi connectivity index (χ0) is 12.0. The van der Waals surface area contributed by atoms with E-state index in [-0.39, 0.29) is 17.2 Å². The van der Waals surface area contributed by atoms with Crippen LogP contribution in [0.5, 0.6) is 0 Å². The molecule has 1 aromatic carbocycles. The summed E-state index contributed by atoms with van der Waals surface area (Å²) >= 11 is 0. The summed E-state index contributed by atoms with van der Waals surface area (Å²) in [7, 11) is 0. The molecule has 1 amide bonds. The molecule has 17 heavy (non-hydrogen) atoms. The number of hydrogen-bond donors (Lipinski definition) is 1. The van der Waals surface area contributed by atoms with Gasteiger partial charge >= 0.3 is 0 Å². The molecule has 1 aliphatic heterocycles. The van der Waals surface area contributed by atoms with Gasteiger partial charge < -0.3 is 5.32 Å². The van der Waals surface area contributed by atoms with Gasteiger partial charge in [-0.15, -0.1) is 0 Å². The summed E-state index contributed by atoms with van der Waals surface area (Å²) in [4.78, 5) is 12.1. The Labute approximate surface area is 98.0 Å². The summed E-state index contributed by atoms with van der Waals surface area (Å²) in [6, 6.07) is 2.18. The number of carbonyl (C=O) groups excluding carboxylic acids is 1. The fraction of sp³-hybridized carbons (Fsp3) is 0.462. The smallest absolute Gasteiger partial charge is 0.235 e. The normalized spacial score (nSPS) is 21.4. The van der Waals surface area contributed by atoms with Gasteiger partial charge in [0.15, 0.2) is 0 Å². The molecular weight excluding hydrogens is 224 g/mol. The van der Waals surface area contributed by atoms with Crippen LogP contribution in [-0.4, -0.2) is 5.91 Å². The fourth-order valence-electron chi connectivity index (χ4n) is 3.12. The number of anilines is 1. The molecule has 3 rings (SSSR count). The van der Waals surface area contributed by atoms with E-state index >= 15 is 0 Å². The maximum atomic E-state index is 13.9. The Morgan fingerprint density at radius 1 is 1.06 bits per heavy atom. The minimum Gasteiger partial charge on any atom is -0.322 e. The van der Waals surface area contributed by atoms with E-state index in [2.05, 4.69) is 5.32 Å². The molecular formula is C13H13F2NO. The number of halogens is 2. The third kappa shape index (κ3) is 1.33. The summed E-state index contributed by atoms with van der Waals surface area (Å²) in [5, 5.41) is 2.51. The van der Waals surface area contributed by atoms with Gasteiger partial charge in [-0.05, 0) is 25.0 Å². The number of hydrogen-bond acceptors (Lipinski definition) is 1. The summed E-state index contributed by atoms with van der Waals surface area (Å²) < 4.78 is 27.5. The maximum absolute atomic E-state index is 13.9. The molecule has 1 aromatic rings. The van der Waals surface area contributed by atoms with Crippen LogP contribution in [0.1, 0.15) is 37.7 Å². The van der Waals surface area contributed by atoms with E-state index in [0.29, 0.717) is 12.8 Å². The minimum atomic E-state index is -0.820. The highest BCUT2D eigenvalue weighted by Gasteiger charge is 2.49. The summed E-state index contributed by atoms with van der Waals surface area (Å²) in [5.41, 5.74) is -0.515. The van der Waals surface area contributed by atoms with Gasteiger partial charge in [-0.3, -0.25) is 4.79 Å². The van der Waals surface area contributed by atoms with E-state index in [9.17, 15) is 13.6 Å². The number of carbonyl (C=O) groups is 1. The van der Waals surface area contributed by atoms with E-state index < -0.39 is 17.0 Å². The van der Waals surface area contributed by atoms with Gasteiger partial charge in [-0.2, -0.15) is 0 Å². The maximum Gasteiger partial charge on any atom is 0.235 e. The molecule has 2 nitrogen and oxygen atoms in total. The van der Waals surface area contributed by atoms with Crippen molar-refractivity contribution in [2.24, 2.45) is 0 Å². The topological polar surface area (TPSA) is 29.1 Å². The predicted octanol–water partition coefficient (Wildman–Crippen LogP) is 3.12. The summed E-state index contributed by atoms with van der Waals surface area (Å²) in [6.07, 6.45) is 4.07. The molecule has 0 radical (unpaired) electrons. The van der Waals surface area contributed by atoms with Crippen molar-refractivity contribution in [3.05, 3.63) is 29.3 Å². The minimum absolute atomic E-state index is 0.0527. The highest BCUT2D eigenvalue weighted by atomic mass is 19.1. The Morgan fingerprint density at radius 2 is 1.71 bits per heavy atom. The molecule has 2 aliphatic rings. The van der Waals surface area contributed by atoms with Crippen LogP contribution in [0.4, 0.5) is 14.5 Å². The van der Waals surface area contributed by atoms with Crippen LogP contribution in [0.25, 0.3) is 0 Å². The van der Waals surface area contributed by atoms with Gasteiger partial charge in [0.25, 0.3) is 0 Å². The van der Waals surface area contributed by atoms with Crippen LogP contribution in [0, 0.1) is 11.6 Å². The zero-order valence-corrected chi connectivity index (χ0v) is 9.35. The van der Waals surface area contributed by atoms with E-state index in [4.69, 9.17) is 0 Å². The van der Waals surface area contributed by atoms with Crippen molar-refractivity contribution >= 4 is 11.6 Å². The third-order valence-corrected chi connectivity index (χ3v) is 3.96. The SMILES string of the molecule is O=C1Nc2c(F)ccc(F)c2C12CCCCC2. The van der Waals surface area contributed by atoms with Crippen LogP contribution in [-0.2, 0) is 10.2 Å². The molecule has 0 atom stereocenters. The predicted molar refractivity (Wildman–Crippen MR) is 59.8 cm³/mol. The Hall–Kier alpha value is -1.45. The first-order valence-electron chi connectivity index (χ1n) is 5.95. The molecule has 1 aliphatic carbocycles. The molecule has 1 spiro atoms. The van der Waals surface area contributed by atoms with Crippen molar-refractivity contribution in [2.45, 2.75) is 37.5 Å². The lowest BCUT2D eigenvalue weighted by Gasteiger charge is -2.31. The van der Waals surface area contributed by atoms with Crippen molar-refractivity contribution in [3.8, 4) is 0 Å². The lowest BCUT2D eigenvalue weighted by molar-refractivity contribution is -0.122. The second kappa shape index (κ2) is 3.52. The highest BCUT2D eigenvalue weighted by molar-refractivity contribution is 6.06. The Bertz CT molecular complexity index is 492. The van der Waals surface area contributed by atoms with E-state index in [0.717, 1.165) is 31.4 Å². The zero-order valence-electron chi connectivity index (χ0n) is 9.35. The monoisotopic (exact) mass is 237 g/mol. The number of amides is 1. The van der Waals surface area contributed by atoms with Crippen LogP contribution in [0.3, 0.4) is 0 Å². The molecule has 0 bridgehead atoms. The largest absolute Gasteiger partial charge is 0.322 e. The van der Waals surface area contributed by atoms with Gasteiger partial charge in [-0.1, -0.05) is 19.3 Å². The van der Waals surface area contributed by atoms with E-state index in [1.807, 2.05) is 0 Å². The first kappa shape index (κ1) is 10.7. The van der Waals surface area contributed by atoms with E-state index in [1.165, 1.54) is 0 Å². The van der Waals surface area contributed by atoms with Gasteiger partial charge in [0.05, 0.1) is 11.1 Å². The van der Waals surface area contributed by atoms with Gasteiger partial charge in [0, 0.05) is 5.56 Å².